The van der Waals surface area contributed by atoms with Crippen LogP contribution in [0.3, 0.4) is 0 Å². The summed E-state index contributed by atoms with van der Waals surface area (Å²) in [7, 11) is -1.51. The molecule has 18 heavy (non-hydrogen) atoms. The minimum absolute atomic E-state index is 0.347. The van der Waals surface area contributed by atoms with Gasteiger partial charge in [0.25, 0.3) is 0 Å². The second-order valence-corrected chi connectivity index (χ2v) is 12.6. The van der Waals surface area contributed by atoms with Crippen LogP contribution < -0.4 is 0 Å². The Bertz CT molecular complexity index is 211. The van der Waals surface area contributed by atoms with Crippen molar-refractivity contribution in [1.82, 2.24) is 0 Å². The molecular formula is C15H33IOSi. The van der Waals surface area contributed by atoms with E-state index in [1.54, 1.807) is 0 Å². The first-order chi connectivity index (χ1) is 8.24. The maximum absolute atomic E-state index is 6.21. The first-order valence-electron chi connectivity index (χ1n) is 7.44. The Morgan fingerprint density at radius 2 is 1.72 bits per heavy atom. The fraction of sp³-hybridized carbons (Fsp3) is 1.00. The van der Waals surface area contributed by atoms with E-state index >= 15 is 0 Å². The predicted octanol–water partition coefficient (Wildman–Crippen LogP) is 6.03. The lowest BCUT2D eigenvalue weighted by Crippen LogP contribution is -2.40. The van der Waals surface area contributed by atoms with Crippen LogP contribution in [0.15, 0.2) is 0 Å². The van der Waals surface area contributed by atoms with Crippen molar-refractivity contribution in [3.63, 3.8) is 0 Å². The van der Waals surface area contributed by atoms with Crippen LogP contribution in [0.25, 0.3) is 0 Å². The fourth-order valence-electron chi connectivity index (χ4n) is 1.79. The zero-order valence-electron chi connectivity index (χ0n) is 13.3. The van der Waals surface area contributed by atoms with E-state index in [4.69, 9.17) is 4.43 Å². The van der Waals surface area contributed by atoms with Crippen LogP contribution in [0, 0.1) is 5.92 Å². The summed E-state index contributed by atoms with van der Waals surface area (Å²) in [6, 6.07) is 0. The molecule has 0 amide bonds. The summed E-state index contributed by atoms with van der Waals surface area (Å²) in [5.74, 6) is 0.934. The molecule has 1 atom stereocenters. The van der Waals surface area contributed by atoms with Crippen molar-refractivity contribution < 1.29 is 4.43 Å². The molecule has 0 spiro atoms. The lowest BCUT2D eigenvalue weighted by molar-refractivity contribution is 0.274. The van der Waals surface area contributed by atoms with Gasteiger partial charge in [-0.1, -0.05) is 63.1 Å². The highest BCUT2D eigenvalue weighted by molar-refractivity contribution is 14.1. The Hall–Kier alpha value is 0.907. The van der Waals surface area contributed by atoms with Gasteiger partial charge in [-0.2, -0.15) is 0 Å². The van der Waals surface area contributed by atoms with Gasteiger partial charge in [0.05, 0.1) is 0 Å². The van der Waals surface area contributed by atoms with Gasteiger partial charge in [-0.3, -0.25) is 0 Å². The van der Waals surface area contributed by atoms with Crippen molar-refractivity contribution in [2.24, 2.45) is 5.92 Å². The van der Waals surface area contributed by atoms with Crippen molar-refractivity contribution in [1.29, 1.82) is 0 Å². The summed E-state index contributed by atoms with van der Waals surface area (Å²) in [4.78, 5) is 0. The molecule has 0 aromatic heterocycles. The van der Waals surface area contributed by atoms with Gasteiger partial charge in [0.1, 0.15) is 0 Å². The number of alkyl halides is 1. The molecule has 0 aliphatic rings. The normalized spacial score (nSPS) is 14.8. The summed E-state index contributed by atoms with van der Waals surface area (Å²) in [6.07, 6.45) is 6.68. The van der Waals surface area contributed by atoms with E-state index in [0.717, 1.165) is 12.5 Å². The summed E-state index contributed by atoms with van der Waals surface area (Å²) in [5.41, 5.74) is 0. The molecule has 0 N–H and O–H groups in total. The molecule has 3 heteroatoms. The summed E-state index contributed by atoms with van der Waals surface area (Å²) in [6.45, 7) is 14.9. The molecule has 0 aliphatic heterocycles. The molecule has 110 valence electrons. The third-order valence-corrected chi connectivity index (χ3v) is 9.97. The Kier molecular flexibility index (Phi) is 9.41. The number of rotatable bonds is 9. The van der Waals surface area contributed by atoms with Crippen LogP contribution in [0.4, 0.5) is 0 Å². The second-order valence-electron chi connectivity index (χ2n) is 6.91. The SMILES string of the molecule is CCC[C@@H](CI)CCCCO[Si](C)(C)C(C)(C)C. The molecule has 0 bridgehead atoms. The monoisotopic (exact) mass is 384 g/mol. The van der Waals surface area contributed by atoms with Crippen LogP contribution in [-0.2, 0) is 4.43 Å². The van der Waals surface area contributed by atoms with Crippen LogP contribution in [-0.4, -0.2) is 19.4 Å². The molecule has 0 aliphatic carbocycles. The number of unbranched alkanes of at least 4 members (excludes halogenated alkanes) is 1. The van der Waals surface area contributed by atoms with Crippen LogP contribution in [0.5, 0.6) is 0 Å². The first kappa shape index (κ1) is 18.9. The molecule has 0 heterocycles. The molecule has 0 aromatic carbocycles. The number of hydrogen-bond acceptors (Lipinski definition) is 1. The lowest BCUT2D eigenvalue weighted by Gasteiger charge is -2.36. The average molecular weight is 384 g/mol. The molecule has 0 unspecified atom stereocenters. The highest BCUT2D eigenvalue weighted by atomic mass is 127. The fourth-order valence-corrected chi connectivity index (χ4v) is 3.75. The third-order valence-electron chi connectivity index (χ3n) is 4.19. The topological polar surface area (TPSA) is 9.23 Å². The van der Waals surface area contributed by atoms with Crippen molar-refractivity contribution in [2.75, 3.05) is 11.0 Å². The molecule has 1 nitrogen and oxygen atoms in total. The molecule has 0 fully saturated rings. The van der Waals surface area contributed by atoms with E-state index in [9.17, 15) is 0 Å². The van der Waals surface area contributed by atoms with Crippen molar-refractivity contribution in [2.45, 2.75) is 77.9 Å². The van der Waals surface area contributed by atoms with E-state index < -0.39 is 8.32 Å². The smallest absolute Gasteiger partial charge is 0.191 e. The maximum atomic E-state index is 6.21. The Balaban J connectivity index is 3.74. The van der Waals surface area contributed by atoms with E-state index in [2.05, 4.69) is 63.4 Å². The van der Waals surface area contributed by atoms with Gasteiger partial charge in [-0.25, -0.2) is 0 Å². The van der Waals surface area contributed by atoms with Gasteiger partial charge in [0, 0.05) is 11.0 Å². The number of hydrogen-bond donors (Lipinski definition) is 0. The van der Waals surface area contributed by atoms with E-state index in [1.807, 2.05) is 0 Å². The van der Waals surface area contributed by atoms with E-state index in [-0.39, 0.29) is 0 Å². The lowest BCUT2D eigenvalue weighted by atomic mass is 9.99. The summed E-state index contributed by atoms with van der Waals surface area (Å²) < 4.78 is 7.52. The van der Waals surface area contributed by atoms with Crippen LogP contribution >= 0.6 is 22.6 Å². The maximum Gasteiger partial charge on any atom is 0.191 e. The predicted molar refractivity (Wildman–Crippen MR) is 94.3 cm³/mol. The molecule has 0 aromatic rings. The molecule has 0 radical (unpaired) electrons. The average Bonchev–Trinajstić information content (AvgIpc) is 2.25. The summed E-state index contributed by atoms with van der Waals surface area (Å²) >= 11 is 2.53. The molecule has 0 saturated carbocycles. The summed E-state index contributed by atoms with van der Waals surface area (Å²) in [5, 5.41) is 0.347. The highest BCUT2D eigenvalue weighted by Gasteiger charge is 2.36. The first-order valence-corrected chi connectivity index (χ1v) is 11.9. The zero-order valence-corrected chi connectivity index (χ0v) is 16.5. The quantitative estimate of drug-likeness (QED) is 0.204. The zero-order chi connectivity index (χ0) is 14.2. The van der Waals surface area contributed by atoms with Crippen LogP contribution in [0.2, 0.25) is 18.1 Å². The second kappa shape index (κ2) is 8.96. The number of halogens is 1. The van der Waals surface area contributed by atoms with Crippen molar-refractivity contribution >= 4 is 30.9 Å². The third kappa shape index (κ3) is 7.48. The van der Waals surface area contributed by atoms with Gasteiger partial charge in [-0.15, -0.1) is 0 Å². The van der Waals surface area contributed by atoms with Gasteiger partial charge < -0.3 is 4.43 Å². The van der Waals surface area contributed by atoms with E-state index in [1.165, 1.54) is 36.5 Å². The van der Waals surface area contributed by atoms with Crippen molar-refractivity contribution in [3.05, 3.63) is 0 Å². The molecule has 0 rings (SSSR count). The minimum Gasteiger partial charge on any atom is -0.417 e. The van der Waals surface area contributed by atoms with Gasteiger partial charge >= 0.3 is 0 Å². The van der Waals surface area contributed by atoms with Gasteiger partial charge in [0.2, 0.25) is 0 Å². The minimum atomic E-state index is -1.51. The molecule has 0 saturated heterocycles. The molecular weight excluding hydrogens is 351 g/mol. The van der Waals surface area contributed by atoms with Gasteiger partial charge in [0.15, 0.2) is 8.32 Å². The Morgan fingerprint density at radius 1 is 1.11 bits per heavy atom. The Morgan fingerprint density at radius 3 is 2.17 bits per heavy atom. The van der Waals surface area contributed by atoms with E-state index in [0.29, 0.717) is 5.04 Å². The van der Waals surface area contributed by atoms with Crippen LogP contribution in [0.1, 0.15) is 59.8 Å². The largest absolute Gasteiger partial charge is 0.417 e. The van der Waals surface area contributed by atoms with Gasteiger partial charge in [-0.05, 0) is 43.3 Å². The standard InChI is InChI=1S/C15H33IOSi/c1-7-10-14(13-16)11-8-9-12-17-18(5,6)15(2,3)4/h14H,7-13H2,1-6H3/t14-/m1/s1. The Labute approximate surface area is 130 Å². The highest BCUT2D eigenvalue weighted by Crippen LogP contribution is 2.36. The van der Waals surface area contributed by atoms with Crippen molar-refractivity contribution in [3.8, 4) is 0 Å².